The molecule has 0 radical (unpaired) electrons. The van der Waals surface area contributed by atoms with Crippen LogP contribution in [0.25, 0.3) is 0 Å². The van der Waals surface area contributed by atoms with Crippen LogP contribution in [0, 0.1) is 5.92 Å². The SMILES string of the molecule is CCCCC(CCCCC(=O)[O-])C(=O)[O-].[Cl-].[Cl-].[Fe+2].[Fe+2]. The number of carboxylic acids is 2. The molecule has 1 atom stereocenters. The molecule has 0 aliphatic heterocycles. The fourth-order valence-corrected chi connectivity index (χ4v) is 1.49. The molecule has 0 aliphatic carbocycles. The number of halogens is 2. The summed E-state index contributed by atoms with van der Waals surface area (Å²) in [4.78, 5) is 20.8. The smallest absolute Gasteiger partial charge is 1.00 e. The van der Waals surface area contributed by atoms with Crippen LogP contribution in [0.15, 0.2) is 0 Å². The number of unbranched alkanes of at least 4 members (excludes halogenated alkanes) is 2. The summed E-state index contributed by atoms with van der Waals surface area (Å²) in [5.41, 5.74) is 0. The summed E-state index contributed by atoms with van der Waals surface area (Å²) < 4.78 is 0. The van der Waals surface area contributed by atoms with Crippen molar-refractivity contribution in [3.8, 4) is 0 Å². The van der Waals surface area contributed by atoms with Crippen molar-refractivity contribution in [2.45, 2.75) is 51.9 Å². The number of carbonyl (C=O) groups excluding carboxylic acids is 2. The quantitative estimate of drug-likeness (QED) is 0.287. The van der Waals surface area contributed by atoms with Gasteiger partial charge in [-0.15, -0.1) is 0 Å². The Labute approximate surface area is 148 Å². The van der Waals surface area contributed by atoms with Crippen molar-refractivity contribution < 1.29 is 78.8 Å². The van der Waals surface area contributed by atoms with Gasteiger partial charge in [0.05, 0.1) is 0 Å². The third-order valence-electron chi connectivity index (χ3n) is 2.42. The second-order valence-corrected chi connectivity index (χ2v) is 3.78. The molecular weight excluding hydrogens is 379 g/mol. The number of hydrogen-bond acceptors (Lipinski definition) is 4. The zero-order valence-corrected chi connectivity index (χ0v) is 14.3. The summed E-state index contributed by atoms with van der Waals surface area (Å²) in [5.74, 6) is -2.52. The standard InChI is InChI=1S/C11H20O4.2ClH.2Fe/c1-2-3-6-9(11(14)15)7-4-5-8-10(12)13;;;;/h9H,2-8H2,1H3,(H,12,13)(H,14,15);2*1H;;/q;;;2*+2/p-4. The molecule has 0 saturated carbocycles. The third-order valence-corrected chi connectivity index (χ3v) is 2.42. The summed E-state index contributed by atoms with van der Waals surface area (Å²) in [6, 6.07) is 0. The van der Waals surface area contributed by atoms with Crippen molar-refractivity contribution in [1.82, 2.24) is 0 Å². The van der Waals surface area contributed by atoms with Gasteiger partial charge >= 0.3 is 34.1 Å². The molecule has 0 amide bonds. The Morgan fingerprint density at radius 3 is 1.79 bits per heavy atom. The van der Waals surface area contributed by atoms with Crippen LogP contribution < -0.4 is 35.0 Å². The monoisotopic (exact) mass is 396 g/mol. The van der Waals surface area contributed by atoms with Gasteiger partial charge in [-0.25, -0.2) is 0 Å². The molecular formula is C11H18Cl2Fe2O4. The molecule has 4 nitrogen and oxygen atoms in total. The van der Waals surface area contributed by atoms with E-state index in [1.165, 1.54) is 0 Å². The van der Waals surface area contributed by atoms with Crippen molar-refractivity contribution in [3.63, 3.8) is 0 Å². The molecule has 0 aliphatic rings. The molecule has 19 heavy (non-hydrogen) atoms. The van der Waals surface area contributed by atoms with E-state index in [2.05, 4.69) is 0 Å². The number of hydrogen-bond donors (Lipinski definition) is 0. The molecule has 0 saturated heterocycles. The molecule has 0 aromatic carbocycles. The van der Waals surface area contributed by atoms with Gasteiger partial charge in [-0.2, -0.15) is 0 Å². The van der Waals surface area contributed by atoms with Gasteiger partial charge < -0.3 is 44.6 Å². The minimum Gasteiger partial charge on any atom is -1.00 e. The first-order valence-corrected chi connectivity index (χ1v) is 5.48. The van der Waals surface area contributed by atoms with Crippen molar-refractivity contribution >= 4 is 11.9 Å². The van der Waals surface area contributed by atoms with E-state index in [1.807, 2.05) is 6.92 Å². The molecule has 8 heteroatoms. The largest absolute Gasteiger partial charge is 2.00 e. The van der Waals surface area contributed by atoms with Crippen molar-refractivity contribution in [2.75, 3.05) is 0 Å². The van der Waals surface area contributed by atoms with Gasteiger partial charge in [-0.05, 0) is 31.6 Å². The first-order valence-electron chi connectivity index (χ1n) is 5.48. The number of aliphatic carboxylic acids is 2. The molecule has 0 N–H and O–H groups in total. The van der Waals surface area contributed by atoms with E-state index in [4.69, 9.17) is 0 Å². The van der Waals surface area contributed by atoms with Gasteiger partial charge in [0.2, 0.25) is 0 Å². The Morgan fingerprint density at radius 1 is 0.947 bits per heavy atom. The van der Waals surface area contributed by atoms with Crippen LogP contribution in [0.1, 0.15) is 51.9 Å². The van der Waals surface area contributed by atoms with Crippen LogP contribution in [-0.2, 0) is 43.7 Å². The van der Waals surface area contributed by atoms with Crippen molar-refractivity contribution in [2.24, 2.45) is 5.92 Å². The first kappa shape index (κ1) is 31.8. The third kappa shape index (κ3) is 21.0. The molecule has 0 spiro atoms. The van der Waals surface area contributed by atoms with E-state index in [-0.39, 0.29) is 65.4 Å². The minimum atomic E-state index is -1.08. The minimum absolute atomic E-state index is 0. The number of rotatable bonds is 9. The maximum atomic E-state index is 10.7. The fraction of sp³-hybridized carbons (Fsp3) is 0.818. The van der Waals surface area contributed by atoms with Crippen molar-refractivity contribution in [1.29, 1.82) is 0 Å². The number of carbonyl (C=O) groups is 2. The number of carboxylic acid groups (broad SMARTS) is 2. The van der Waals surface area contributed by atoms with Gasteiger partial charge in [-0.3, -0.25) is 0 Å². The van der Waals surface area contributed by atoms with Crippen LogP contribution in [-0.4, -0.2) is 11.9 Å². The van der Waals surface area contributed by atoms with E-state index in [9.17, 15) is 19.8 Å². The second-order valence-electron chi connectivity index (χ2n) is 3.78. The van der Waals surface area contributed by atoms with Crippen LogP contribution in [0.2, 0.25) is 0 Å². The first-order chi connectivity index (χ1) is 7.07. The van der Waals surface area contributed by atoms with Crippen molar-refractivity contribution in [3.05, 3.63) is 0 Å². The molecule has 0 rings (SSSR count). The molecule has 116 valence electrons. The molecule has 0 bridgehead atoms. The maximum absolute atomic E-state index is 10.7. The van der Waals surface area contributed by atoms with Crippen LogP contribution in [0.4, 0.5) is 0 Å². The Bertz CT molecular complexity index is 219. The van der Waals surface area contributed by atoms with Crippen LogP contribution in [0.3, 0.4) is 0 Å². The van der Waals surface area contributed by atoms with E-state index in [0.717, 1.165) is 12.8 Å². The van der Waals surface area contributed by atoms with E-state index in [0.29, 0.717) is 25.7 Å². The Hall–Kier alpha value is 0.559. The zero-order valence-electron chi connectivity index (χ0n) is 10.6. The topological polar surface area (TPSA) is 80.3 Å². The van der Waals surface area contributed by atoms with E-state index in [1.54, 1.807) is 0 Å². The van der Waals surface area contributed by atoms with E-state index >= 15 is 0 Å². The van der Waals surface area contributed by atoms with Gasteiger partial charge in [-0.1, -0.05) is 26.2 Å². The van der Waals surface area contributed by atoms with E-state index < -0.39 is 17.9 Å². The van der Waals surface area contributed by atoms with Gasteiger partial charge in [0.25, 0.3) is 0 Å². The van der Waals surface area contributed by atoms with Gasteiger partial charge in [0.15, 0.2) is 0 Å². The van der Waals surface area contributed by atoms with Gasteiger partial charge in [0.1, 0.15) is 0 Å². The summed E-state index contributed by atoms with van der Waals surface area (Å²) >= 11 is 0. The van der Waals surface area contributed by atoms with Crippen LogP contribution in [0.5, 0.6) is 0 Å². The Kier molecular flexibility index (Phi) is 34.9. The normalized spacial score (nSPS) is 9.74. The summed E-state index contributed by atoms with van der Waals surface area (Å²) in [7, 11) is 0. The fourth-order valence-electron chi connectivity index (χ4n) is 1.49. The molecule has 0 heterocycles. The summed E-state index contributed by atoms with van der Waals surface area (Å²) in [6.07, 6.45) is 4.07. The molecule has 1 unspecified atom stereocenters. The Balaban J connectivity index is -0.000000163. The molecule has 0 aromatic rings. The zero-order chi connectivity index (χ0) is 11.7. The Morgan fingerprint density at radius 2 is 1.42 bits per heavy atom. The average Bonchev–Trinajstić information content (AvgIpc) is 2.15. The van der Waals surface area contributed by atoms with Gasteiger partial charge in [0, 0.05) is 11.9 Å². The maximum Gasteiger partial charge on any atom is 2.00 e. The molecule has 0 fully saturated rings. The van der Waals surface area contributed by atoms with Crippen LogP contribution >= 0.6 is 0 Å². The second kappa shape index (κ2) is 20.9. The predicted octanol–water partition coefficient (Wildman–Crippen LogP) is -6.14. The average molecular weight is 397 g/mol. The predicted molar refractivity (Wildman–Crippen MR) is 51.5 cm³/mol. The summed E-state index contributed by atoms with van der Waals surface area (Å²) in [6.45, 7) is 2.00. The summed E-state index contributed by atoms with van der Waals surface area (Å²) in [5, 5.41) is 20.8. The molecule has 0 aromatic heterocycles.